The predicted molar refractivity (Wildman–Crippen MR) is 95.7 cm³/mol. The summed E-state index contributed by atoms with van der Waals surface area (Å²) in [7, 11) is 0. The summed E-state index contributed by atoms with van der Waals surface area (Å²) in [5.41, 5.74) is 2.38. The Kier molecular flexibility index (Phi) is 5.30. The van der Waals surface area contributed by atoms with Crippen LogP contribution in [0.3, 0.4) is 0 Å². The summed E-state index contributed by atoms with van der Waals surface area (Å²) in [6.45, 7) is 4.37. The van der Waals surface area contributed by atoms with E-state index >= 15 is 0 Å². The lowest BCUT2D eigenvalue weighted by molar-refractivity contribution is 0.0949. The van der Waals surface area contributed by atoms with Gasteiger partial charge < -0.3 is 10.2 Å². The Morgan fingerprint density at radius 1 is 1.21 bits per heavy atom. The van der Waals surface area contributed by atoms with E-state index in [0.29, 0.717) is 23.2 Å². The lowest BCUT2D eigenvalue weighted by atomic mass is 10.1. The first-order chi connectivity index (χ1) is 11.6. The fourth-order valence-electron chi connectivity index (χ4n) is 2.79. The number of hydrogen-bond acceptors (Lipinski definition) is 4. The standard InChI is InChI=1S/C18H21ClN4O/c1-13-12-16(22-18(21-13)23-10-2-3-11-23)17(24)20-9-8-14-4-6-15(19)7-5-14/h4-7,12H,2-3,8-11H2,1H3,(H,20,24). The first-order valence-corrected chi connectivity index (χ1v) is 8.63. The number of aryl methyl sites for hydroxylation is 1. The van der Waals surface area contributed by atoms with Crippen LogP contribution in [0.4, 0.5) is 5.95 Å². The number of benzene rings is 1. The van der Waals surface area contributed by atoms with E-state index < -0.39 is 0 Å². The van der Waals surface area contributed by atoms with Crippen LogP contribution in [-0.2, 0) is 6.42 Å². The van der Waals surface area contributed by atoms with E-state index in [1.165, 1.54) is 0 Å². The molecule has 1 aliphatic heterocycles. The number of anilines is 1. The zero-order valence-corrected chi connectivity index (χ0v) is 14.5. The third-order valence-electron chi connectivity index (χ3n) is 4.08. The Labute approximate surface area is 147 Å². The quantitative estimate of drug-likeness (QED) is 0.905. The zero-order valence-electron chi connectivity index (χ0n) is 13.8. The van der Waals surface area contributed by atoms with Crippen LogP contribution >= 0.6 is 11.6 Å². The van der Waals surface area contributed by atoms with Crippen molar-refractivity contribution in [3.8, 4) is 0 Å². The summed E-state index contributed by atoms with van der Waals surface area (Å²) in [4.78, 5) is 23.4. The maximum atomic E-state index is 12.4. The molecule has 0 saturated carbocycles. The summed E-state index contributed by atoms with van der Waals surface area (Å²) >= 11 is 5.87. The number of carbonyl (C=O) groups excluding carboxylic acids is 1. The molecular formula is C18H21ClN4O. The maximum Gasteiger partial charge on any atom is 0.270 e. The number of nitrogens with one attached hydrogen (secondary N) is 1. The maximum absolute atomic E-state index is 12.4. The van der Waals surface area contributed by atoms with Crippen molar-refractivity contribution in [1.29, 1.82) is 0 Å². The molecule has 24 heavy (non-hydrogen) atoms. The minimum absolute atomic E-state index is 0.157. The average Bonchev–Trinajstić information content (AvgIpc) is 3.10. The molecule has 6 heteroatoms. The van der Waals surface area contributed by atoms with Gasteiger partial charge >= 0.3 is 0 Å². The summed E-state index contributed by atoms with van der Waals surface area (Å²) in [6, 6.07) is 9.38. The van der Waals surface area contributed by atoms with Gasteiger partial charge in [0.25, 0.3) is 5.91 Å². The van der Waals surface area contributed by atoms with E-state index in [1.54, 1.807) is 6.07 Å². The summed E-state index contributed by atoms with van der Waals surface area (Å²) in [5.74, 6) is 0.505. The van der Waals surface area contributed by atoms with Crippen LogP contribution < -0.4 is 10.2 Å². The Morgan fingerprint density at radius 3 is 2.62 bits per heavy atom. The van der Waals surface area contributed by atoms with Crippen LogP contribution in [-0.4, -0.2) is 35.5 Å². The molecule has 0 atom stereocenters. The van der Waals surface area contributed by atoms with Gasteiger partial charge in [-0.15, -0.1) is 0 Å². The minimum Gasteiger partial charge on any atom is -0.350 e. The van der Waals surface area contributed by atoms with Gasteiger partial charge in [-0.2, -0.15) is 0 Å². The largest absolute Gasteiger partial charge is 0.350 e. The van der Waals surface area contributed by atoms with Crippen LogP contribution in [0.1, 0.15) is 34.6 Å². The first kappa shape index (κ1) is 16.7. The van der Waals surface area contributed by atoms with Crippen molar-refractivity contribution in [3.63, 3.8) is 0 Å². The molecule has 0 unspecified atom stereocenters. The van der Waals surface area contributed by atoms with E-state index in [2.05, 4.69) is 20.2 Å². The van der Waals surface area contributed by atoms with E-state index in [0.717, 1.165) is 43.6 Å². The number of hydrogen-bond donors (Lipinski definition) is 1. The predicted octanol–water partition coefficient (Wildman–Crippen LogP) is 3.01. The Morgan fingerprint density at radius 2 is 1.92 bits per heavy atom. The minimum atomic E-state index is -0.157. The Balaban J connectivity index is 1.60. The van der Waals surface area contributed by atoms with Crippen LogP contribution in [0.15, 0.2) is 30.3 Å². The normalized spacial score (nSPS) is 14.0. The highest BCUT2D eigenvalue weighted by Crippen LogP contribution is 2.16. The molecular weight excluding hydrogens is 324 g/mol. The molecule has 0 aliphatic carbocycles. The molecule has 0 spiro atoms. The molecule has 126 valence electrons. The van der Waals surface area contributed by atoms with Crippen molar-refractivity contribution in [3.05, 3.63) is 52.3 Å². The van der Waals surface area contributed by atoms with Gasteiger partial charge in [0, 0.05) is 30.4 Å². The highest BCUT2D eigenvalue weighted by Gasteiger charge is 2.17. The Bertz CT molecular complexity index is 711. The second-order valence-corrected chi connectivity index (χ2v) is 6.46. The Hall–Kier alpha value is -2.14. The topological polar surface area (TPSA) is 58.1 Å². The molecule has 1 N–H and O–H groups in total. The number of rotatable bonds is 5. The van der Waals surface area contributed by atoms with Crippen LogP contribution in [0.25, 0.3) is 0 Å². The second-order valence-electron chi connectivity index (χ2n) is 6.02. The van der Waals surface area contributed by atoms with Gasteiger partial charge in [0.2, 0.25) is 5.95 Å². The van der Waals surface area contributed by atoms with Crippen molar-refractivity contribution >= 4 is 23.5 Å². The summed E-state index contributed by atoms with van der Waals surface area (Å²) < 4.78 is 0. The van der Waals surface area contributed by atoms with E-state index in [4.69, 9.17) is 11.6 Å². The second kappa shape index (κ2) is 7.62. The number of aromatic nitrogens is 2. The first-order valence-electron chi connectivity index (χ1n) is 8.25. The zero-order chi connectivity index (χ0) is 16.9. The van der Waals surface area contributed by atoms with Crippen molar-refractivity contribution in [2.45, 2.75) is 26.2 Å². The average molecular weight is 345 g/mol. The fourth-order valence-corrected chi connectivity index (χ4v) is 2.92. The smallest absolute Gasteiger partial charge is 0.270 e. The van der Waals surface area contributed by atoms with Crippen LogP contribution in [0.5, 0.6) is 0 Å². The van der Waals surface area contributed by atoms with Gasteiger partial charge in [0.05, 0.1) is 0 Å². The molecule has 3 rings (SSSR count). The summed E-state index contributed by atoms with van der Waals surface area (Å²) in [5, 5.41) is 3.64. The van der Waals surface area contributed by atoms with Crippen molar-refractivity contribution in [1.82, 2.24) is 15.3 Å². The molecule has 1 amide bonds. The third kappa shape index (κ3) is 4.23. The van der Waals surface area contributed by atoms with Gasteiger partial charge in [0.1, 0.15) is 5.69 Å². The number of nitrogens with zero attached hydrogens (tertiary/aromatic N) is 3. The molecule has 2 aromatic rings. The number of amides is 1. The third-order valence-corrected chi connectivity index (χ3v) is 4.33. The van der Waals surface area contributed by atoms with E-state index in [9.17, 15) is 4.79 Å². The van der Waals surface area contributed by atoms with E-state index in [1.807, 2.05) is 31.2 Å². The summed E-state index contributed by atoms with van der Waals surface area (Å²) in [6.07, 6.45) is 3.06. The molecule has 1 aliphatic rings. The van der Waals surface area contributed by atoms with Gasteiger partial charge in [-0.25, -0.2) is 9.97 Å². The van der Waals surface area contributed by atoms with E-state index in [-0.39, 0.29) is 5.91 Å². The van der Waals surface area contributed by atoms with Crippen molar-refractivity contribution in [2.24, 2.45) is 0 Å². The molecule has 0 radical (unpaired) electrons. The van der Waals surface area contributed by atoms with Gasteiger partial charge in [-0.1, -0.05) is 23.7 Å². The lowest BCUT2D eigenvalue weighted by Crippen LogP contribution is -2.28. The fraction of sp³-hybridized carbons (Fsp3) is 0.389. The molecule has 1 aromatic heterocycles. The molecule has 5 nitrogen and oxygen atoms in total. The molecule has 1 fully saturated rings. The molecule has 1 aromatic carbocycles. The van der Waals surface area contributed by atoms with Gasteiger partial charge in [-0.05, 0) is 49.9 Å². The number of halogens is 1. The molecule has 0 bridgehead atoms. The van der Waals surface area contributed by atoms with Crippen molar-refractivity contribution < 1.29 is 4.79 Å². The van der Waals surface area contributed by atoms with Gasteiger partial charge in [0.15, 0.2) is 0 Å². The highest BCUT2D eigenvalue weighted by molar-refractivity contribution is 6.30. The molecule has 2 heterocycles. The van der Waals surface area contributed by atoms with Crippen molar-refractivity contribution in [2.75, 3.05) is 24.5 Å². The SMILES string of the molecule is Cc1cc(C(=O)NCCc2ccc(Cl)cc2)nc(N2CCCC2)n1. The number of carbonyl (C=O) groups is 1. The van der Waals surface area contributed by atoms with Crippen LogP contribution in [0.2, 0.25) is 5.02 Å². The lowest BCUT2D eigenvalue weighted by Gasteiger charge is -2.16. The van der Waals surface area contributed by atoms with Gasteiger partial charge in [-0.3, -0.25) is 4.79 Å². The monoisotopic (exact) mass is 344 g/mol. The molecule has 1 saturated heterocycles. The highest BCUT2D eigenvalue weighted by atomic mass is 35.5. The van der Waals surface area contributed by atoms with Crippen LogP contribution in [0, 0.1) is 6.92 Å².